The van der Waals surface area contributed by atoms with Crippen molar-refractivity contribution in [3.8, 4) is 0 Å². The number of carboxylic acid groups (broad SMARTS) is 1. The number of carboxylic acids is 1. The van der Waals surface area contributed by atoms with Gasteiger partial charge < -0.3 is 36.4 Å². The Labute approximate surface area is 343 Å². The largest absolute Gasteiger partial charge is 0.481 e. The van der Waals surface area contributed by atoms with E-state index >= 15 is 0 Å². The van der Waals surface area contributed by atoms with E-state index in [0.29, 0.717) is 30.1 Å². The number of nitrogens with zero attached hydrogens (tertiary/aromatic N) is 2. The number of ether oxygens (including phenoxy) is 1. The number of nitrogens with two attached hydrogens (primary N) is 1. The van der Waals surface area contributed by atoms with Crippen LogP contribution in [0.15, 0.2) is 29.6 Å². The van der Waals surface area contributed by atoms with E-state index in [-0.39, 0.29) is 54.3 Å². The maximum Gasteiger partial charge on any atom is 0.309 e. The lowest BCUT2D eigenvalue weighted by Crippen LogP contribution is -2.58. The van der Waals surface area contributed by atoms with Crippen LogP contribution in [0.25, 0.3) is 0 Å². The van der Waals surface area contributed by atoms with Crippen LogP contribution in [0.4, 0.5) is 5.69 Å². The standard InChI is InChI=1S/C43H68N6O7S/c1-9-11-12-15-22-49(41(53)37(28(5)10-2)48-38(51)33-16-13-14-21-45-33)35(27(3)4)24-36(56-29(6)50)40-47-34(26-57-40)39(52)46-32(25-43(7,8)42(54)55)23-30-17-19-31(44)20-18-30/h17-20,26-28,32-33,35-37,45H,9-16,21-25,44H2,1-8H3,(H,46,52)(H,48,51)(H,54,55)/t28-,32-,33+,35+,36+,37-/m0/s1. The quantitative estimate of drug-likeness (QED) is 0.0460. The van der Waals surface area contributed by atoms with Crippen molar-refractivity contribution >= 4 is 46.7 Å². The summed E-state index contributed by atoms with van der Waals surface area (Å²) in [6, 6.07) is 5.24. The summed E-state index contributed by atoms with van der Waals surface area (Å²) >= 11 is 1.19. The smallest absolute Gasteiger partial charge is 0.309 e. The molecular weight excluding hydrogens is 745 g/mol. The third-order valence-electron chi connectivity index (χ3n) is 11.0. The number of unbranched alkanes of at least 4 members (excludes halogenated alkanes) is 3. The van der Waals surface area contributed by atoms with Crippen LogP contribution in [0.1, 0.15) is 147 Å². The highest BCUT2D eigenvalue weighted by molar-refractivity contribution is 7.09. The molecule has 1 fully saturated rings. The highest BCUT2D eigenvalue weighted by atomic mass is 32.1. The number of piperidine rings is 1. The highest BCUT2D eigenvalue weighted by Crippen LogP contribution is 2.32. The Morgan fingerprint density at radius 3 is 2.33 bits per heavy atom. The molecule has 1 aliphatic heterocycles. The number of amides is 3. The molecule has 1 aromatic heterocycles. The predicted octanol–water partition coefficient (Wildman–Crippen LogP) is 6.67. The van der Waals surface area contributed by atoms with Gasteiger partial charge >= 0.3 is 11.9 Å². The number of thiazole rings is 1. The van der Waals surface area contributed by atoms with Gasteiger partial charge in [-0.15, -0.1) is 11.3 Å². The van der Waals surface area contributed by atoms with E-state index in [1.165, 1.54) is 18.3 Å². The van der Waals surface area contributed by atoms with Gasteiger partial charge in [0.2, 0.25) is 11.8 Å². The molecule has 3 rings (SSSR count). The van der Waals surface area contributed by atoms with Gasteiger partial charge in [-0.05, 0) is 82.0 Å². The molecule has 13 nitrogen and oxygen atoms in total. The summed E-state index contributed by atoms with van der Waals surface area (Å²) in [4.78, 5) is 73.2. The molecule has 6 atom stereocenters. The first-order valence-electron chi connectivity index (χ1n) is 20.8. The van der Waals surface area contributed by atoms with Crippen LogP contribution in [0.2, 0.25) is 0 Å². The summed E-state index contributed by atoms with van der Waals surface area (Å²) in [6.45, 7) is 16.0. The molecule has 6 N–H and O–H groups in total. The molecule has 2 heterocycles. The molecule has 0 bridgehead atoms. The van der Waals surface area contributed by atoms with Crippen LogP contribution < -0.4 is 21.7 Å². The van der Waals surface area contributed by atoms with Crippen molar-refractivity contribution in [1.82, 2.24) is 25.8 Å². The molecule has 1 aliphatic rings. The number of hydrogen-bond acceptors (Lipinski definition) is 10. The molecule has 0 spiro atoms. The van der Waals surface area contributed by atoms with Crippen molar-refractivity contribution in [2.75, 3.05) is 18.8 Å². The number of nitrogens with one attached hydrogen (secondary N) is 3. The second kappa shape index (κ2) is 22.8. The van der Waals surface area contributed by atoms with Crippen molar-refractivity contribution in [2.45, 2.75) is 156 Å². The summed E-state index contributed by atoms with van der Waals surface area (Å²) in [6.07, 6.45) is 7.11. The second-order valence-corrected chi connectivity index (χ2v) is 17.6. The third kappa shape index (κ3) is 14.7. The molecule has 0 saturated carbocycles. The maximum atomic E-state index is 14.8. The number of nitrogen functional groups attached to an aromatic ring is 1. The van der Waals surface area contributed by atoms with Crippen LogP contribution in [-0.2, 0) is 30.3 Å². The summed E-state index contributed by atoms with van der Waals surface area (Å²) in [7, 11) is 0. The zero-order chi connectivity index (χ0) is 42.3. The van der Waals surface area contributed by atoms with Crippen LogP contribution in [0, 0.1) is 17.3 Å². The topological polar surface area (TPSA) is 193 Å². The molecule has 0 aliphatic carbocycles. The van der Waals surface area contributed by atoms with E-state index in [2.05, 4.69) is 27.9 Å². The summed E-state index contributed by atoms with van der Waals surface area (Å²) in [5.74, 6) is -2.46. The minimum absolute atomic E-state index is 0.0547. The number of hydrogen-bond donors (Lipinski definition) is 5. The number of carbonyl (C=O) groups is 5. The Morgan fingerprint density at radius 2 is 1.75 bits per heavy atom. The number of anilines is 1. The number of carbonyl (C=O) groups excluding carboxylic acids is 4. The average Bonchev–Trinajstić information content (AvgIpc) is 3.67. The molecule has 57 heavy (non-hydrogen) atoms. The summed E-state index contributed by atoms with van der Waals surface area (Å²) in [5.41, 5.74) is 6.36. The number of aromatic nitrogens is 1. The van der Waals surface area contributed by atoms with Gasteiger partial charge in [-0.2, -0.15) is 0 Å². The Balaban J connectivity index is 1.93. The molecule has 0 unspecified atom stereocenters. The zero-order valence-electron chi connectivity index (χ0n) is 35.4. The first-order chi connectivity index (χ1) is 27.0. The van der Waals surface area contributed by atoms with Gasteiger partial charge in [-0.25, -0.2) is 4.98 Å². The fraction of sp³-hybridized carbons (Fsp3) is 0.674. The molecule has 3 amide bonds. The van der Waals surface area contributed by atoms with Crippen LogP contribution in [0.3, 0.4) is 0 Å². The van der Waals surface area contributed by atoms with Gasteiger partial charge in [0.05, 0.1) is 11.5 Å². The number of rotatable bonds is 23. The fourth-order valence-electron chi connectivity index (χ4n) is 7.33. The molecular formula is C43H68N6O7S. The lowest BCUT2D eigenvalue weighted by Gasteiger charge is -2.40. The van der Waals surface area contributed by atoms with Gasteiger partial charge in [0.25, 0.3) is 5.91 Å². The van der Waals surface area contributed by atoms with Crippen molar-refractivity contribution in [1.29, 1.82) is 0 Å². The summed E-state index contributed by atoms with van der Waals surface area (Å²) < 4.78 is 5.90. The molecule has 14 heteroatoms. The highest BCUT2D eigenvalue weighted by Gasteiger charge is 2.38. The van der Waals surface area contributed by atoms with Crippen molar-refractivity contribution in [3.05, 3.63) is 45.9 Å². The van der Waals surface area contributed by atoms with E-state index in [1.54, 1.807) is 31.4 Å². The van der Waals surface area contributed by atoms with E-state index in [9.17, 15) is 29.1 Å². The first-order valence-corrected chi connectivity index (χ1v) is 21.7. The maximum absolute atomic E-state index is 14.8. The van der Waals surface area contributed by atoms with Gasteiger partial charge in [0, 0.05) is 43.0 Å². The SMILES string of the molecule is CCCCCCN(C(=O)[C@@H](NC(=O)[C@H]1CCCCN1)[C@@H](C)CC)[C@H](C[C@@H](OC(C)=O)c1nc(C(=O)N[C@@H](Cc2ccc(N)cc2)CC(C)(C)C(=O)O)cs1)C(C)C. The van der Waals surface area contributed by atoms with Gasteiger partial charge in [-0.3, -0.25) is 24.0 Å². The minimum atomic E-state index is -1.12. The van der Waals surface area contributed by atoms with Gasteiger partial charge in [0.15, 0.2) is 6.10 Å². The monoisotopic (exact) mass is 812 g/mol. The molecule has 2 aromatic rings. The molecule has 1 aromatic carbocycles. The normalized spacial score (nSPS) is 17.2. The van der Waals surface area contributed by atoms with E-state index in [4.69, 9.17) is 10.5 Å². The molecule has 1 saturated heterocycles. The van der Waals surface area contributed by atoms with Crippen LogP contribution >= 0.6 is 11.3 Å². The van der Waals surface area contributed by atoms with Gasteiger partial charge in [0.1, 0.15) is 16.7 Å². The number of benzene rings is 1. The Bertz CT molecular complexity index is 1610. The minimum Gasteiger partial charge on any atom is -0.481 e. The van der Waals surface area contributed by atoms with E-state index in [0.717, 1.165) is 57.1 Å². The van der Waals surface area contributed by atoms with Crippen molar-refractivity contribution in [3.63, 3.8) is 0 Å². The number of esters is 1. The van der Waals surface area contributed by atoms with Crippen molar-refractivity contribution < 1.29 is 33.8 Å². The number of aliphatic carboxylic acids is 1. The van der Waals surface area contributed by atoms with Crippen LogP contribution in [-0.4, -0.2) is 81.9 Å². The van der Waals surface area contributed by atoms with Crippen LogP contribution in [0.5, 0.6) is 0 Å². The first kappa shape index (κ1) is 47.3. The lowest BCUT2D eigenvalue weighted by atomic mass is 9.84. The zero-order valence-corrected chi connectivity index (χ0v) is 36.2. The molecule has 318 valence electrons. The van der Waals surface area contributed by atoms with Crippen molar-refractivity contribution in [2.24, 2.45) is 17.3 Å². The Kier molecular flexibility index (Phi) is 18.9. The third-order valence-corrected chi connectivity index (χ3v) is 12.0. The fourth-order valence-corrected chi connectivity index (χ4v) is 8.17. The van der Waals surface area contributed by atoms with Gasteiger partial charge in [-0.1, -0.05) is 78.9 Å². The average molecular weight is 813 g/mol. The lowest BCUT2D eigenvalue weighted by molar-refractivity contribution is -0.150. The molecule has 0 radical (unpaired) electrons. The Morgan fingerprint density at radius 1 is 1.05 bits per heavy atom. The van der Waals surface area contributed by atoms with E-state index < -0.39 is 41.4 Å². The summed E-state index contributed by atoms with van der Waals surface area (Å²) in [5, 5.41) is 21.3. The second-order valence-electron chi connectivity index (χ2n) is 16.7. The van der Waals surface area contributed by atoms with E-state index in [1.807, 2.05) is 44.7 Å². The Hall–Kier alpha value is -4.04. The predicted molar refractivity (Wildman–Crippen MR) is 225 cm³/mol.